The van der Waals surface area contributed by atoms with E-state index < -0.39 is 11.9 Å². The molecule has 22 heavy (non-hydrogen) atoms. The number of esters is 2. The van der Waals surface area contributed by atoms with E-state index in [4.69, 9.17) is 9.47 Å². The van der Waals surface area contributed by atoms with Crippen LogP contribution in [0.5, 0.6) is 0 Å². The smallest absolute Gasteiger partial charge is 0.338 e. The van der Waals surface area contributed by atoms with Gasteiger partial charge in [-0.15, -0.1) is 0 Å². The number of carbonyl (C=O) groups excluding carboxylic acids is 2. The molecule has 0 aromatic heterocycles. The molecular formula is C18H26O4. The maximum Gasteiger partial charge on any atom is 0.338 e. The number of hydrogen-bond acceptors (Lipinski definition) is 4. The van der Waals surface area contributed by atoms with Gasteiger partial charge in [0.15, 0.2) is 0 Å². The molecule has 1 aromatic rings. The third kappa shape index (κ3) is 6.74. The Bertz CT molecular complexity index is 480. The number of carbonyl (C=O) groups is 2. The Hall–Kier alpha value is -1.84. The molecule has 0 saturated heterocycles. The van der Waals surface area contributed by atoms with Gasteiger partial charge in [-0.2, -0.15) is 0 Å². The monoisotopic (exact) mass is 306 g/mol. The summed E-state index contributed by atoms with van der Waals surface area (Å²) in [4.78, 5) is 23.8. The molecule has 1 aromatic carbocycles. The topological polar surface area (TPSA) is 52.6 Å². The van der Waals surface area contributed by atoms with Gasteiger partial charge in [-0.05, 0) is 38.5 Å². The van der Waals surface area contributed by atoms with Crippen LogP contribution in [0.4, 0.5) is 0 Å². The Morgan fingerprint density at radius 3 is 2.27 bits per heavy atom. The van der Waals surface area contributed by atoms with Gasteiger partial charge in [0.2, 0.25) is 0 Å². The van der Waals surface area contributed by atoms with Crippen molar-refractivity contribution in [3.8, 4) is 0 Å². The van der Waals surface area contributed by atoms with Gasteiger partial charge in [0.1, 0.15) is 0 Å². The zero-order chi connectivity index (χ0) is 16.4. The lowest BCUT2D eigenvalue weighted by atomic mass is 10.1. The van der Waals surface area contributed by atoms with Gasteiger partial charge >= 0.3 is 11.9 Å². The Kier molecular flexibility index (Phi) is 8.26. The van der Waals surface area contributed by atoms with Gasteiger partial charge in [-0.1, -0.05) is 38.7 Å². The number of ether oxygens (including phenoxy) is 2. The van der Waals surface area contributed by atoms with Crippen LogP contribution in [0.1, 0.15) is 73.6 Å². The molecule has 0 heterocycles. The van der Waals surface area contributed by atoms with Gasteiger partial charge in [-0.25, -0.2) is 9.59 Å². The van der Waals surface area contributed by atoms with Crippen LogP contribution in [0.2, 0.25) is 0 Å². The van der Waals surface area contributed by atoms with Crippen molar-refractivity contribution in [1.82, 2.24) is 0 Å². The van der Waals surface area contributed by atoms with E-state index in [9.17, 15) is 9.59 Å². The normalized spacial score (nSPS) is 10.5. The molecule has 4 nitrogen and oxygen atoms in total. The summed E-state index contributed by atoms with van der Waals surface area (Å²) in [7, 11) is 0. The molecule has 0 amide bonds. The van der Waals surface area contributed by atoms with E-state index in [-0.39, 0.29) is 6.10 Å². The molecule has 0 saturated carbocycles. The second-order valence-electron chi connectivity index (χ2n) is 5.59. The Labute approximate surface area is 132 Å². The lowest BCUT2D eigenvalue weighted by Crippen LogP contribution is -2.13. The van der Waals surface area contributed by atoms with E-state index in [2.05, 4.69) is 6.92 Å². The molecule has 0 aliphatic carbocycles. The van der Waals surface area contributed by atoms with E-state index >= 15 is 0 Å². The fourth-order valence-corrected chi connectivity index (χ4v) is 2.01. The molecule has 0 fully saturated rings. The van der Waals surface area contributed by atoms with E-state index in [1.54, 1.807) is 32.0 Å². The Balaban J connectivity index is 2.47. The second kappa shape index (κ2) is 9.98. The summed E-state index contributed by atoms with van der Waals surface area (Å²) >= 11 is 0. The van der Waals surface area contributed by atoms with E-state index in [0.717, 1.165) is 12.8 Å². The lowest BCUT2D eigenvalue weighted by molar-refractivity contribution is 0.0378. The van der Waals surface area contributed by atoms with Crippen LogP contribution in [0, 0.1) is 0 Å². The maximum atomic E-state index is 12.0. The van der Waals surface area contributed by atoms with Crippen LogP contribution in [0.15, 0.2) is 24.3 Å². The highest BCUT2D eigenvalue weighted by Gasteiger charge is 2.13. The van der Waals surface area contributed by atoms with Crippen molar-refractivity contribution in [3.05, 3.63) is 35.4 Å². The molecule has 0 atom stereocenters. The summed E-state index contributed by atoms with van der Waals surface area (Å²) in [5.74, 6) is -0.820. The summed E-state index contributed by atoms with van der Waals surface area (Å²) in [5.41, 5.74) is 0.748. The van der Waals surface area contributed by atoms with Gasteiger partial charge in [0.05, 0.1) is 23.8 Å². The molecule has 0 bridgehead atoms. The fourth-order valence-electron chi connectivity index (χ4n) is 2.01. The average Bonchev–Trinajstić information content (AvgIpc) is 2.50. The third-order valence-corrected chi connectivity index (χ3v) is 3.16. The highest BCUT2D eigenvalue weighted by atomic mass is 16.5. The molecule has 4 heteroatoms. The number of hydrogen-bond donors (Lipinski definition) is 0. The van der Waals surface area contributed by atoms with Gasteiger partial charge in [-0.3, -0.25) is 0 Å². The molecule has 0 aliphatic heterocycles. The molecule has 0 spiro atoms. The standard InChI is InChI=1S/C18H26O4/c1-4-5-6-7-8-12-21-17(19)15-10-9-11-16(13-15)18(20)22-14(2)3/h9-11,13-14H,4-8,12H2,1-3H3. The Morgan fingerprint density at radius 2 is 1.64 bits per heavy atom. The molecule has 0 N–H and O–H groups in total. The highest BCUT2D eigenvalue weighted by Crippen LogP contribution is 2.10. The first-order valence-corrected chi connectivity index (χ1v) is 8.02. The molecule has 1 rings (SSSR count). The minimum Gasteiger partial charge on any atom is -0.462 e. The van der Waals surface area contributed by atoms with Crippen molar-refractivity contribution < 1.29 is 19.1 Å². The minimum atomic E-state index is -0.427. The average molecular weight is 306 g/mol. The first-order chi connectivity index (χ1) is 10.5. The zero-order valence-corrected chi connectivity index (χ0v) is 13.8. The van der Waals surface area contributed by atoms with Crippen molar-refractivity contribution in [2.45, 2.75) is 59.0 Å². The van der Waals surface area contributed by atoms with Crippen LogP contribution in [0.3, 0.4) is 0 Å². The van der Waals surface area contributed by atoms with Crippen LogP contribution >= 0.6 is 0 Å². The first kappa shape index (κ1) is 18.2. The third-order valence-electron chi connectivity index (χ3n) is 3.16. The molecular weight excluding hydrogens is 280 g/mol. The quantitative estimate of drug-likeness (QED) is 0.502. The predicted molar refractivity (Wildman–Crippen MR) is 86.0 cm³/mol. The minimum absolute atomic E-state index is 0.189. The molecule has 0 unspecified atom stereocenters. The summed E-state index contributed by atoms with van der Waals surface area (Å²) in [6.07, 6.45) is 5.34. The van der Waals surface area contributed by atoms with E-state index in [1.807, 2.05) is 0 Å². The van der Waals surface area contributed by atoms with Crippen molar-refractivity contribution >= 4 is 11.9 Å². The maximum absolute atomic E-state index is 12.0. The lowest BCUT2D eigenvalue weighted by Gasteiger charge is -2.09. The number of unbranched alkanes of at least 4 members (excludes halogenated alkanes) is 4. The van der Waals surface area contributed by atoms with Crippen molar-refractivity contribution in [2.24, 2.45) is 0 Å². The van der Waals surface area contributed by atoms with Gasteiger partial charge in [0.25, 0.3) is 0 Å². The van der Waals surface area contributed by atoms with Crippen LogP contribution in [-0.2, 0) is 9.47 Å². The number of rotatable bonds is 9. The first-order valence-electron chi connectivity index (χ1n) is 8.02. The van der Waals surface area contributed by atoms with E-state index in [0.29, 0.717) is 17.7 Å². The van der Waals surface area contributed by atoms with Gasteiger partial charge < -0.3 is 9.47 Å². The Morgan fingerprint density at radius 1 is 1.00 bits per heavy atom. The second-order valence-corrected chi connectivity index (χ2v) is 5.59. The predicted octanol–water partition coefficient (Wildman–Crippen LogP) is 4.38. The largest absolute Gasteiger partial charge is 0.462 e. The zero-order valence-electron chi connectivity index (χ0n) is 13.8. The SMILES string of the molecule is CCCCCCCOC(=O)c1cccc(C(=O)OC(C)C)c1. The molecule has 0 radical (unpaired) electrons. The van der Waals surface area contributed by atoms with Crippen LogP contribution in [-0.4, -0.2) is 24.6 Å². The summed E-state index contributed by atoms with van der Waals surface area (Å²) in [5, 5.41) is 0. The van der Waals surface area contributed by atoms with Crippen molar-refractivity contribution in [2.75, 3.05) is 6.61 Å². The van der Waals surface area contributed by atoms with Crippen LogP contribution < -0.4 is 0 Å². The van der Waals surface area contributed by atoms with Crippen molar-refractivity contribution in [1.29, 1.82) is 0 Å². The summed E-state index contributed by atoms with van der Waals surface area (Å²) in [6, 6.07) is 6.46. The van der Waals surface area contributed by atoms with Crippen LogP contribution in [0.25, 0.3) is 0 Å². The number of benzene rings is 1. The van der Waals surface area contributed by atoms with Crippen molar-refractivity contribution in [3.63, 3.8) is 0 Å². The van der Waals surface area contributed by atoms with E-state index in [1.165, 1.54) is 25.3 Å². The highest BCUT2D eigenvalue weighted by molar-refractivity contribution is 5.95. The summed E-state index contributed by atoms with van der Waals surface area (Å²) in [6.45, 7) is 6.16. The fraction of sp³-hybridized carbons (Fsp3) is 0.556. The molecule has 0 aliphatic rings. The van der Waals surface area contributed by atoms with Gasteiger partial charge in [0, 0.05) is 0 Å². The summed E-state index contributed by atoms with van der Waals surface area (Å²) < 4.78 is 10.3. The molecule has 122 valence electrons.